The van der Waals surface area contributed by atoms with E-state index in [0.717, 1.165) is 54.3 Å². The van der Waals surface area contributed by atoms with E-state index in [2.05, 4.69) is 25.2 Å². The van der Waals surface area contributed by atoms with Crippen molar-refractivity contribution in [2.24, 2.45) is 29.6 Å². The van der Waals surface area contributed by atoms with Crippen LogP contribution in [0.1, 0.15) is 73.5 Å². The maximum Gasteiger partial charge on any atom is 0.335 e. The monoisotopic (exact) mass is 567 g/mol. The molecule has 4 saturated carbocycles. The zero-order valence-electron chi connectivity index (χ0n) is 24.6. The van der Waals surface area contributed by atoms with Crippen molar-refractivity contribution < 1.29 is 23.9 Å². The van der Waals surface area contributed by atoms with E-state index in [-0.39, 0.29) is 23.5 Å². The van der Waals surface area contributed by atoms with Gasteiger partial charge in [0, 0.05) is 5.56 Å². The van der Waals surface area contributed by atoms with Crippen LogP contribution >= 0.6 is 0 Å². The van der Waals surface area contributed by atoms with Gasteiger partial charge in [0.25, 0.3) is 0 Å². The van der Waals surface area contributed by atoms with Gasteiger partial charge in [-0.2, -0.15) is 10.6 Å². The minimum atomic E-state index is -0.604. The largest absolute Gasteiger partial charge is 0.496 e. The molecule has 4 bridgehead atoms. The molecule has 4 aliphatic carbocycles. The van der Waals surface area contributed by atoms with E-state index < -0.39 is 5.91 Å². The number of carbonyl (C=O) groups is 2. The molecule has 1 heterocycles. The van der Waals surface area contributed by atoms with E-state index in [1.807, 2.05) is 36.4 Å². The highest BCUT2D eigenvalue weighted by Crippen LogP contribution is 2.56. The van der Waals surface area contributed by atoms with Crippen LogP contribution in [0, 0.1) is 41.9 Å². The standard InChI is InChI=1S/C34H37N3O5/c1-6-20-10-11-27(25(17-20)19(2)3)37-28(32-29(40-4)8-7-9-30(32)41-5)18-26(35-37)33(38)36-42-34(39)31-23-13-21-12-22(15-23)16-24(31)14-21/h1,7-11,17-19,21-24,31H,12-16H2,2-5H3,(H,36,38). The van der Waals surface area contributed by atoms with Crippen LogP contribution in [0.5, 0.6) is 11.5 Å². The SMILES string of the molecule is C#Cc1ccc(-n2nc(C(=O)NOC(=O)C3C4CC5CC(C4)CC3C5)cc2-c2c(OC)cccc2OC)c(C(C)C)c1. The Morgan fingerprint density at radius 1 is 0.976 bits per heavy atom. The highest BCUT2D eigenvalue weighted by molar-refractivity contribution is 5.94. The lowest BCUT2D eigenvalue weighted by Gasteiger charge is -2.53. The number of nitrogens with zero attached hydrogens (tertiary/aromatic N) is 2. The number of ether oxygens (including phenoxy) is 2. The van der Waals surface area contributed by atoms with Gasteiger partial charge in [0.15, 0.2) is 5.69 Å². The molecule has 2 aromatic carbocycles. The third-order valence-electron chi connectivity index (χ3n) is 9.41. The van der Waals surface area contributed by atoms with Crippen LogP contribution in [-0.4, -0.2) is 35.9 Å². The smallest absolute Gasteiger partial charge is 0.335 e. The third kappa shape index (κ3) is 4.91. The average Bonchev–Trinajstić information content (AvgIpc) is 3.43. The van der Waals surface area contributed by atoms with Crippen molar-refractivity contribution in [2.75, 3.05) is 14.2 Å². The van der Waals surface area contributed by atoms with E-state index >= 15 is 0 Å². The fourth-order valence-electron chi connectivity index (χ4n) is 7.78. The zero-order chi connectivity index (χ0) is 29.5. The Morgan fingerprint density at radius 3 is 2.19 bits per heavy atom. The molecular weight excluding hydrogens is 530 g/mol. The minimum absolute atomic E-state index is 0.0894. The van der Waals surface area contributed by atoms with Crippen LogP contribution < -0.4 is 15.0 Å². The van der Waals surface area contributed by atoms with E-state index in [9.17, 15) is 9.59 Å². The topological polar surface area (TPSA) is 91.7 Å². The molecule has 0 atom stereocenters. The summed E-state index contributed by atoms with van der Waals surface area (Å²) in [5.74, 6) is 5.04. The van der Waals surface area contributed by atoms with E-state index in [4.69, 9.17) is 25.8 Å². The Bertz CT molecular complexity index is 1520. The molecule has 4 aliphatic rings. The summed E-state index contributed by atoms with van der Waals surface area (Å²) in [6.07, 6.45) is 11.4. The number of rotatable bonds is 7. The van der Waals surface area contributed by atoms with Crippen LogP contribution in [0.3, 0.4) is 0 Å². The molecular formula is C34H37N3O5. The van der Waals surface area contributed by atoms with Crippen molar-refractivity contribution in [1.82, 2.24) is 15.3 Å². The van der Waals surface area contributed by atoms with Crippen LogP contribution in [0.2, 0.25) is 0 Å². The van der Waals surface area contributed by atoms with Gasteiger partial charge in [0.05, 0.1) is 37.1 Å². The molecule has 0 radical (unpaired) electrons. The lowest BCUT2D eigenvalue weighted by atomic mass is 9.52. The van der Waals surface area contributed by atoms with Gasteiger partial charge < -0.3 is 14.3 Å². The van der Waals surface area contributed by atoms with Crippen molar-refractivity contribution in [2.45, 2.75) is 51.9 Å². The van der Waals surface area contributed by atoms with Gasteiger partial charge in [-0.25, -0.2) is 9.48 Å². The van der Waals surface area contributed by atoms with Crippen LogP contribution in [0.15, 0.2) is 42.5 Å². The Balaban J connectivity index is 1.34. The quantitative estimate of drug-likeness (QED) is 0.282. The number of amides is 1. The lowest BCUT2D eigenvalue weighted by Crippen LogP contribution is -2.49. The number of aromatic nitrogens is 2. The molecule has 0 spiro atoms. The molecule has 0 aliphatic heterocycles. The van der Waals surface area contributed by atoms with E-state index in [1.54, 1.807) is 25.0 Å². The molecule has 4 fully saturated rings. The molecule has 1 amide bonds. The third-order valence-corrected chi connectivity index (χ3v) is 9.41. The highest BCUT2D eigenvalue weighted by atomic mass is 16.7. The summed E-state index contributed by atoms with van der Waals surface area (Å²) < 4.78 is 13.1. The van der Waals surface area contributed by atoms with Crippen molar-refractivity contribution in [3.05, 3.63) is 59.3 Å². The molecule has 218 valence electrons. The van der Waals surface area contributed by atoms with Gasteiger partial charge in [0.2, 0.25) is 0 Å². The fourth-order valence-corrected chi connectivity index (χ4v) is 7.78. The Hall–Kier alpha value is -4.25. The summed E-state index contributed by atoms with van der Waals surface area (Å²) in [5, 5.41) is 4.72. The second kappa shape index (κ2) is 11.2. The number of methoxy groups -OCH3 is 2. The summed E-state index contributed by atoms with van der Waals surface area (Å²) in [4.78, 5) is 32.1. The summed E-state index contributed by atoms with van der Waals surface area (Å²) >= 11 is 0. The predicted molar refractivity (Wildman–Crippen MR) is 158 cm³/mol. The number of nitrogens with one attached hydrogen (secondary N) is 1. The maximum atomic E-state index is 13.4. The molecule has 0 unspecified atom stereocenters. The van der Waals surface area contributed by atoms with Gasteiger partial charge in [0.1, 0.15) is 11.5 Å². The first-order valence-corrected chi connectivity index (χ1v) is 14.7. The van der Waals surface area contributed by atoms with E-state index in [1.165, 1.54) is 6.42 Å². The van der Waals surface area contributed by atoms with Crippen molar-refractivity contribution in [3.63, 3.8) is 0 Å². The molecule has 42 heavy (non-hydrogen) atoms. The number of hydrogen-bond acceptors (Lipinski definition) is 6. The lowest BCUT2D eigenvalue weighted by molar-refractivity contribution is -0.167. The number of hydroxylamine groups is 1. The van der Waals surface area contributed by atoms with Gasteiger partial charge in [-0.15, -0.1) is 6.42 Å². The second-order valence-electron chi connectivity index (χ2n) is 12.2. The number of terminal acetylenes is 1. The Labute approximate surface area is 246 Å². The molecule has 1 N–H and O–H groups in total. The first kappa shape index (κ1) is 27.9. The summed E-state index contributed by atoms with van der Waals surface area (Å²) in [5.41, 5.74) is 6.19. The molecule has 8 heteroatoms. The number of hydrogen-bond donors (Lipinski definition) is 1. The normalized spacial score (nSPS) is 23.9. The zero-order valence-corrected chi connectivity index (χ0v) is 24.6. The number of benzene rings is 2. The summed E-state index contributed by atoms with van der Waals surface area (Å²) in [6.45, 7) is 4.15. The first-order valence-electron chi connectivity index (χ1n) is 14.7. The molecule has 1 aromatic heterocycles. The van der Waals surface area contributed by atoms with Gasteiger partial charge in [-0.3, -0.25) is 4.79 Å². The van der Waals surface area contributed by atoms with Crippen LogP contribution in [0.4, 0.5) is 0 Å². The predicted octanol–water partition coefficient (Wildman–Crippen LogP) is 5.92. The van der Waals surface area contributed by atoms with Gasteiger partial charge in [-0.1, -0.05) is 25.8 Å². The van der Waals surface area contributed by atoms with Crippen LogP contribution in [0.25, 0.3) is 16.9 Å². The number of carbonyl (C=O) groups excluding carboxylic acids is 2. The fraction of sp³-hybridized carbons (Fsp3) is 0.441. The second-order valence-corrected chi connectivity index (χ2v) is 12.2. The Kier molecular flexibility index (Phi) is 7.44. The van der Waals surface area contributed by atoms with Crippen molar-refractivity contribution in [3.8, 4) is 40.8 Å². The highest BCUT2D eigenvalue weighted by Gasteiger charge is 2.51. The first-order chi connectivity index (χ1) is 20.3. The summed E-state index contributed by atoms with van der Waals surface area (Å²) in [6, 6.07) is 12.8. The maximum absolute atomic E-state index is 13.4. The summed E-state index contributed by atoms with van der Waals surface area (Å²) in [7, 11) is 3.16. The van der Waals surface area contributed by atoms with Crippen molar-refractivity contribution in [1.29, 1.82) is 0 Å². The minimum Gasteiger partial charge on any atom is -0.496 e. The van der Waals surface area contributed by atoms with Gasteiger partial charge >= 0.3 is 11.9 Å². The molecule has 3 aromatic rings. The molecule has 0 saturated heterocycles. The molecule has 8 nitrogen and oxygen atoms in total. The van der Waals surface area contributed by atoms with Gasteiger partial charge in [-0.05, 0) is 104 Å². The van der Waals surface area contributed by atoms with E-state index in [0.29, 0.717) is 34.6 Å². The van der Waals surface area contributed by atoms with Crippen molar-refractivity contribution >= 4 is 11.9 Å². The van der Waals surface area contributed by atoms with Crippen LogP contribution in [-0.2, 0) is 9.63 Å². The molecule has 7 rings (SSSR count). The average molecular weight is 568 g/mol. The Morgan fingerprint density at radius 2 is 1.62 bits per heavy atom.